The van der Waals surface area contributed by atoms with E-state index in [0.717, 1.165) is 24.5 Å². The number of ether oxygens (including phenoxy) is 2. The number of pyridine rings is 1. The number of carboxylic acids is 1. The van der Waals surface area contributed by atoms with Crippen molar-refractivity contribution in [1.29, 1.82) is 0 Å². The predicted octanol–water partition coefficient (Wildman–Crippen LogP) is 7.05. The molecule has 1 unspecified atom stereocenters. The van der Waals surface area contributed by atoms with Crippen molar-refractivity contribution in [3.05, 3.63) is 59.2 Å². The van der Waals surface area contributed by atoms with Crippen LogP contribution in [0.25, 0.3) is 10.9 Å². The summed E-state index contributed by atoms with van der Waals surface area (Å²) < 4.78 is 26.2. The maximum atomic E-state index is 15.7. The van der Waals surface area contributed by atoms with Crippen LogP contribution >= 0.6 is 23.4 Å². The summed E-state index contributed by atoms with van der Waals surface area (Å²) in [6, 6.07) is 13.3. The van der Waals surface area contributed by atoms with E-state index in [1.807, 2.05) is 18.2 Å². The van der Waals surface area contributed by atoms with Crippen molar-refractivity contribution in [2.24, 2.45) is 5.41 Å². The van der Waals surface area contributed by atoms with Crippen LogP contribution in [0.3, 0.4) is 0 Å². The Morgan fingerprint density at radius 3 is 2.63 bits per heavy atom. The monoisotopic (exact) mass is 560 g/mol. The van der Waals surface area contributed by atoms with E-state index in [2.05, 4.69) is 16.0 Å². The third-order valence-corrected chi connectivity index (χ3v) is 8.83. The van der Waals surface area contributed by atoms with Gasteiger partial charge in [0.1, 0.15) is 17.7 Å². The van der Waals surface area contributed by atoms with Gasteiger partial charge in [-0.25, -0.2) is 4.39 Å². The smallest absolute Gasteiger partial charge is 0.309 e. The van der Waals surface area contributed by atoms with Gasteiger partial charge in [-0.05, 0) is 93.9 Å². The molecule has 1 aliphatic heterocycles. The number of nitrogens with zero attached hydrogens (tertiary/aromatic N) is 2. The molecular formula is C29H34ClFN2O4S. The van der Waals surface area contributed by atoms with Gasteiger partial charge >= 0.3 is 5.97 Å². The molecule has 0 saturated carbocycles. The molecule has 0 radical (unpaired) electrons. The summed E-state index contributed by atoms with van der Waals surface area (Å²) in [5.41, 5.74) is 0.0455. The SMILES string of the molecule is COc1cccc(SCCCN2CCC(CCC(F)c3c(Cl)cnc4ccc(OC)cc34)(C(=O)O)CC2)c1. The van der Waals surface area contributed by atoms with Crippen LogP contribution in [0, 0.1) is 5.41 Å². The number of aliphatic carboxylic acids is 1. The quantitative estimate of drug-likeness (QED) is 0.188. The van der Waals surface area contributed by atoms with Gasteiger partial charge in [-0.2, -0.15) is 0 Å². The van der Waals surface area contributed by atoms with Crippen molar-refractivity contribution in [2.75, 3.05) is 39.6 Å². The zero-order chi connectivity index (χ0) is 27.1. The van der Waals surface area contributed by atoms with Crippen LogP contribution < -0.4 is 9.47 Å². The second kappa shape index (κ2) is 13.0. The van der Waals surface area contributed by atoms with Crippen molar-refractivity contribution in [2.45, 2.75) is 43.2 Å². The Balaban J connectivity index is 1.32. The molecule has 1 fully saturated rings. The number of fused-ring (bicyclic) bond motifs is 1. The van der Waals surface area contributed by atoms with Gasteiger partial charge in [0.2, 0.25) is 0 Å². The molecule has 3 aromatic rings. The zero-order valence-corrected chi connectivity index (χ0v) is 23.4. The molecule has 38 heavy (non-hydrogen) atoms. The third-order valence-electron chi connectivity index (χ3n) is 7.45. The van der Waals surface area contributed by atoms with Crippen LogP contribution in [0.4, 0.5) is 4.39 Å². The second-order valence-electron chi connectivity index (χ2n) is 9.72. The average molecular weight is 561 g/mol. The molecule has 4 rings (SSSR count). The zero-order valence-electron chi connectivity index (χ0n) is 21.8. The van der Waals surface area contributed by atoms with Gasteiger partial charge in [0.25, 0.3) is 0 Å². The van der Waals surface area contributed by atoms with Gasteiger partial charge in [0.05, 0.1) is 30.2 Å². The molecule has 2 aromatic carbocycles. The third kappa shape index (κ3) is 6.71. The Kier molecular flexibility index (Phi) is 9.74. The first-order chi connectivity index (χ1) is 18.3. The fraction of sp³-hybridized carbons (Fsp3) is 0.448. The lowest BCUT2D eigenvalue weighted by Crippen LogP contribution is -2.44. The number of benzene rings is 2. The molecule has 1 N–H and O–H groups in total. The van der Waals surface area contributed by atoms with Gasteiger partial charge < -0.3 is 19.5 Å². The molecular weight excluding hydrogens is 527 g/mol. The number of likely N-dealkylation sites (tertiary alicyclic amines) is 1. The highest BCUT2D eigenvalue weighted by Gasteiger charge is 2.41. The minimum absolute atomic E-state index is 0.0829. The first-order valence-corrected chi connectivity index (χ1v) is 14.2. The minimum atomic E-state index is -1.40. The molecule has 1 saturated heterocycles. The van der Waals surface area contributed by atoms with Crippen molar-refractivity contribution < 1.29 is 23.8 Å². The molecule has 6 nitrogen and oxygen atoms in total. The van der Waals surface area contributed by atoms with Crippen LogP contribution in [0.1, 0.15) is 43.8 Å². The van der Waals surface area contributed by atoms with Crippen LogP contribution in [-0.2, 0) is 4.79 Å². The maximum absolute atomic E-state index is 15.7. The van der Waals surface area contributed by atoms with Crippen molar-refractivity contribution >= 4 is 40.2 Å². The lowest BCUT2D eigenvalue weighted by molar-refractivity contribution is -0.153. The summed E-state index contributed by atoms with van der Waals surface area (Å²) in [6.45, 7) is 2.31. The Morgan fingerprint density at radius 1 is 1.18 bits per heavy atom. The standard InChI is InChI=1S/C29H34ClFN2O4S/c1-36-20-5-3-6-22(17-20)38-16-4-13-33-14-11-29(12-15-33,28(34)35)10-9-25(31)27-23-18-21(37-2)7-8-26(23)32-19-24(27)30/h3,5-8,17-19,25H,4,9-16H2,1-2H3,(H,34,35). The summed E-state index contributed by atoms with van der Waals surface area (Å²) >= 11 is 8.16. The molecule has 0 spiro atoms. The van der Waals surface area contributed by atoms with Crippen LogP contribution in [0.5, 0.6) is 11.5 Å². The summed E-state index contributed by atoms with van der Waals surface area (Å²) in [5, 5.41) is 11.0. The van der Waals surface area contributed by atoms with Gasteiger partial charge in [0.15, 0.2) is 0 Å². The van der Waals surface area contributed by atoms with Crippen molar-refractivity contribution in [3.8, 4) is 11.5 Å². The number of methoxy groups -OCH3 is 2. The van der Waals surface area contributed by atoms with Crippen LogP contribution in [0.15, 0.2) is 53.6 Å². The molecule has 1 aliphatic rings. The van der Waals surface area contributed by atoms with E-state index in [4.69, 9.17) is 21.1 Å². The van der Waals surface area contributed by atoms with E-state index in [-0.39, 0.29) is 17.9 Å². The molecule has 9 heteroatoms. The van der Waals surface area contributed by atoms with Crippen molar-refractivity contribution in [3.63, 3.8) is 0 Å². The first kappa shape index (κ1) is 28.5. The number of alkyl halides is 1. The molecule has 204 valence electrons. The highest BCUT2D eigenvalue weighted by Crippen LogP contribution is 2.42. The first-order valence-electron chi connectivity index (χ1n) is 12.8. The summed E-state index contributed by atoms with van der Waals surface area (Å²) in [4.78, 5) is 20.1. The number of hydrogen-bond acceptors (Lipinski definition) is 6. The van der Waals surface area contributed by atoms with Gasteiger partial charge in [-0.3, -0.25) is 9.78 Å². The lowest BCUT2D eigenvalue weighted by atomic mass is 9.74. The summed E-state index contributed by atoms with van der Waals surface area (Å²) in [5.74, 6) is 1.57. The minimum Gasteiger partial charge on any atom is -0.497 e. The van der Waals surface area contributed by atoms with Crippen molar-refractivity contribution in [1.82, 2.24) is 9.88 Å². The predicted molar refractivity (Wildman–Crippen MR) is 150 cm³/mol. The fourth-order valence-electron chi connectivity index (χ4n) is 5.11. The van der Waals surface area contributed by atoms with Gasteiger partial charge in [0, 0.05) is 22.0 Å². The molecule has 2 heterocycles. The van der Waals surface area contributed by atoms with E-state index in [0.29, 0.717) is 48.1 Å². The fourth-order valence-corrected chi connectivity index (χ4v) is 6.26. The van der Waals surface area contributed by atoms with Gasteiger partial charge in [-0.15, -0.1) is 11.8 Å². The largest absolute Gasteiger partial charge is 0.497 e. The van der Waals surface area contributed by atoms with E-state index < -0.39 is 17.6 Å². The number of aromatic nitrogens is 1. The number of rotatable bonds is 12. The van der Waals surface area contributed by atoms with E-state index >= 15 is 4.39 Å². The lowest BCUT2D eigenvalue weighted by Gasteiger charge is -2.39. The molecule has 0 bridgehead atoms. The van der Waals surface area contributed by atoms with E-state index in [1.165, 1.54) is 11.1 Å². The topological polar surface area (TPSA) is 71.9 Å². The molecule has 1 aromatic heterocycles. The number of halogens is 2. The number of carbonyl (C=O) groups is 1. The van der Waals surface area contributed by atoms with Gasteiger partial charge in [-0.1, -0.05) is 17.7 Å². The Hall–Kier alpha value is -2.55. The Bertz CT molecular complexity index is 1250. The van der Waals surface area contributed by atoms with E-state index in [9.17, 15) is 9.90 Å². The number of piperidine rings is 1. The van der Waals surface area contributed by atoms with Crippen LogP contribution in [0.2, 0.25) is 5.02 Å². The van der Waals surface area contributed by atoms with E-state index in [1.54, 1.807) is 44.2 Å². The Morgan fingerprint density at radius 2 is 1.92 bits per heavy atom. The highest BCUT2D eigenvalue weighted by molar-refractivity contribution is 7.99. The second-order valence-corrected chi connectivity index (χ2v) is 11.3. The maximum Gasteiger partial charge on any atom is 0.309 e. The normalized spacial score (nSPS) is 16.3. The highest BCUT2D eigenvalue weighted by atomic mass is 35.5. The summed E-state index contributed by atoms with van der Waals surface area (Å²) in [6.07, 6.45) is 2.42. The van der Waals surface area contributed by atoms with Crippen LogP contribution in [-0.4, -0.2) is 60.6 Å². The molecule has 0 amide bonds. The molecule has 1 atom stereocenters. The number of thioether (sulfide) groups is 1. The summed E-state index contributed by atoms with van der Waals surface area (Å²) in [7, 11) is 3.22. The number of hydrogen-bond donors (Lipinski definition) is 1. The Labute approximate surface area is 232 Å². The number of carboxylic acid groups (broad SMARTS) is 1. The average Bonchev–Trinajstić information content (AvgIpc) is 2.94. The molecule has 0 aliphatic carbocycles.